The van der Waals surface area contributed by atoms with Gasteiger partial charge in [-0.15, -0.1) is 23.5 Å². The Labute approximate surface area is 127 Å². The van der Waals surface area contributed by atoms with Crippen molar-refractivity contribution < 1.29 is 0 Å². The van der Waals surface area contributed by atoms with E-state index in [9.17, 15) is 0 Å². The normalized spacial score (nSPS) is 21.1. The molecule has 1 heterocycles. The van der Waals surface area contributed by atoms with Gasteiger partial charge in [0.15, 0.2) is 0 Å². The predicted octanol–water partition coefficient (Wildman–Crippen LogP) is 6.29. The molecular weight excluding hydrogens is 268 g/mol. The van der Waals surface area contributed by atoms with Crippen LogP contribution in [-0.2, 0) is 0 Å². The Bertz CT molecular complexity index is 309. The van der Waals surface area contributed by atoms with E-state index in [4.69, 9.17) is 0 Å². The minimum Gasteiger partial charge on any atom is -0.143 e. The van der Waals surface area contributed by atoms with Crippen LogP contribution < -0.4 is 0 Å². The molecule has 2 heteroatoms. The monoisotopic (exact) mass is 294 g/mol. The Balaban J connectivity index is 1.87. The number of rotatable bonds is 1. The summed E-state index contributed by atoms with van der Waals surface area (Å²) in [5.41, 5.74) is 1.51. The number of benzene rings is 1. The Morgan fingerprint density at radius 2 is 1.11 bits per heavy atom. The molecule has 0 atom stereocenters. The van der Waals surface area contributed by atoms with E-state index in [2.05, 4.69) is 53.9 Å². The summed E-state index contributed by atoms with van der Waals surface area (Å²) < 4.78 is 0.655. The van der Waals surface area contributed by atoms with Gasteiger partial charge in [0.25, 0.3) is 0 Å². The third-order valence-corrected chi connectivity index (χ3v) is 6.66. The average Bonchev–Trinajstić information content (AvgIpc) is 2.49. The third kappa shape index (κ3) is 6.27. The molecule has 0 aliphatic carbocycles. The predicted molar refractivity (Wildman–Crippen MR) is 91.0 cm³/mol. The highest BCUT2D eigenvalue weighted by Gasteiger charge is 2.12. The highest BCUT2D eigenvalue weighted by molar-refractivity contribution is 8.16. The highest BCUT2D eigenvalue weighted by atomic mass is 32.2. The van der Waals surface area contributed by atoms with Gasteiger partial charge in [-0.05, 0) is 29.9 Å². The van der Waals surface area contributed by atoms with Crippen molar-refractivity contribution >= 4 is 23.5 Å². The minimum absolute atomic E-state index is 0.655. The lowest BCUT2D eigenvalue weighted by atomic mass is 10.1. The summed E-state index contributed by atoms with van der Waals surface area (Å²) in [5, 5.41) is 0. The van der Waals surface area contributed by atoms with Crippen molar-refractivity contribution in [3.05, 3.63) is 35.9 Å². The molecule has 1 aliphatic rings. The maximum atomic E-state index is 2.29. The zero-order valence-corrected chi connectivity index (χ0v) is 13.5. The first kappa shape index (κ1) is 15.3. The fraction of sp³-hybridized carbons (Fsp3) is 0.647. The summed E-state index contributed by atoms with van der Waals surface area (Å²) in [7, 11) is 0. The summed E-state index contributed by atoms with van der Waals surface area (Å²) in [6.45, 7) is 0. The number of hydrogen-bond acceptors (Lipinski definition) is 2. The first-order valence-electron chi connectivity index (χ1n) is 7.75. The minimum atomic E-state index is 0.655. The average molecular weight is 295 g/mol. The van der Waals surface area contributed by atoms with Gasteiger partial charge in [0.2, 0.25) is 0 Å². The van der Waals surface area contributed by atoms with Crippen LogP contribution in [0, 0.1) is 0 Å². The van der Waals surface area contributed by atoms with Gasteiger partial charge >= 0.3 is 0 Å². The quantitative estimate of drug-likeness (QED) is 0.597. The fourth-order valence-electron chi connectivity index (χ4n) is 2.50. The van der Waals surface area contributed by atoms with Crippen LogP contribution in [0.15, 0.2) is 30.3 Å². The second-order valence-electron chi connectivity index (χ2n) is 5.31. The molecule has 2 rings (SSSR count). The Hall–Kier alpha value is -0.0800. The zero-order chi connectivity index (χ0) is 13.2. The first-order chi connectivity index (χ1) is 9.47. The summed E-state index contributed by atoms with van der Waals surface area (Å²) >= 11 is 4.32. The van der Waals surface area contributed by atoms with Gasteiger partial charge in [0.05, 0.1) is 4.58 Å². The van der Waals surface area contributed by atoms with Crippen molar-refractivity contribution in [2.45, 2.75) is 55.9 Å². The van der Waals surface area contributed by atoms with E-state index in [1.165, 1.54) is 68.4 Å². The second kappa shape index (κ2) is 9.77. The molecule has 1 fully saturated rings. The van der Waals surface area contributed by atoms with E-state index in [0.29, 0.717) is 4.58 Å². The van der Waals surface area contributed by atoms with Crippen molar-refractivity contribution in [2.24, 2.45) is 0 Å². The topological polar surface area (TPSA) is 0 Å². The Morgan fingerprint density at radius 3 is 1.63 bits per heavy atom. The van der Waals surface area contributed by atoms with Crippen LogP contribution in [0.1, 0.15) is 61.5 Å². The smallest absolute Gasteiger partial charge is 0.0751 e. The molecule has 1 aliphatic heterocycles. The zero-order valence-electron chi connectivity index (χ0n) is 11.9. The third-order valence-electron chi connectivity index (χ3n) is 3.65. The lowest BCUT2D eigenvalue weighted by molar-refractivity contribution is 0.588. The molecule has 0 radical (unpaired) electrons. The van der Waals surface area contributed by atoms with Gasteiger partial charge in [0, 0.05) is 0 Å². The molecule has 0 N–H and O–H groups in total. The molecule has 0 bridgehead atoms. The van der Waals surface area contributed by atoms with Crippen LogP contribution >= 0.6 is 23.5 Å². The lowest BCUT2D eigenvalue weighted by Gasteiger charge is -2.16. The largest absolute Gasteiger partial charge is 0.143 e. The van der Waals surface area contributed by atoms with Gasteiger partial charge in [-0.1, -0.05) is 68.9 Å². The SMILES string of the molecule is c1ccc(C2SCCCCCCCCCCS2)cc1. The van der Waals surface area contributed by atoms with Gasteiger partial charge in [0.1, 0.15) is 0 Å². The summed E-state index contributed by atoms with van der Waals surface area (Å²) in [6, 6.07) is 11.1. The summed E-state index contributed by atoms with van der Waals surface area (Å²) in [5.74, 6) is 2.65. The molecule has 19 heavy (non-hydrogen) atoms. The molecule has 0 aromatic heterocycles. The molecular formula is C17H26S2. The molecule has 0 nitrogen and oxygen atoms in total. The standard InChI is InChI=1S/C17H26S2/c1-2-4-6-11-15-19-17(18-14-10-5-3-1)16-12-8-7-9-13-16/h7-9,12-13,17H,1-6,10-11,14-15H2. The molecule has 1 aromatic rings. The van der Waals surface area contributed by atoms with Crippen LogP contribution in [0.25, 0.3) is 0 Å². The fourth-order valence-corrected chi connectivity index (χ4v) is 5.33. The van der Waals surface area contributed by atoms with Crippen LogP contribution in [0.4, 0.5) is 0 Å². The Morgan fingerprint density at radius 1 is 0.632 bits per heavy atom. The molecule has 1 aromatic carbocycles. The van der Waals surface area contributed by atoms with E-state index >= 15 is 0 Å². The molecule has 0 amide bonds. The van der Waals surface area contributed by atoms with Crippen molar-refractivity contribution in [2.75, 3.05) is 11.5 Å². The molecule has 0 spiro atoms. The van der Waals surface area contributed by atoms with Crippen molar-refractivity contribution in [1.29, 1.82) is 0 Å². The van der Waals surface area contributed by atoms with E-state index in [-0.39, 0.29) is 0 Å². The van der Waals surface area contributed by atoms with Gasteiger partial charge < -0.3 is 0 Å². The lowest BCUT2D eigenvalue weighted by Crippen LogP contribution is -1.93. The van der Waals surface area contributed by atoms with Crippen LogP contribution in [0.3, 0.4) is 0 Å². The number of thioether (sulfide) groups is 2. The van der Waals surface area contributed by atoms with Crippen LogP contribution in [0.5, 0.6) is 0 Å². The van der Waals surface area contributed by atoms with E-state index in [1.807, 2.05) is 0 Å². The van der Waals surface area contributed by atoms with E-state index in [1.54, 1.807) is 0 Å². The van der Waals surface area contributed by atoms with Crippen molar-refractivity contribution in [3.8, 4) is 0 Å². The van der Waals surface area contributed by atoms with Gasteiger partial charge in [-0.3, -0.25) is 0 Å². The first-order valence-corrected chi connectivity index (χ1v) is 9.85. The summed E-state index contributed by atoms with van der Waals surface area (Å²) in [4.78, 5) is 0. The Kier molecular flexibility index (Phi) is 7.87. The van der Waals surface area contributed by atoms with E-state index in [0.717, 1.165) is 0 Å². The second-order valence-corrected chi connectivity index (χ2v) is 8.04. The molecule has 0 saturated carbocycles. The van der Waals surface area contributed by atoms with Crippen LogP contribution in [0.2, 0.25) is 0 Å². The molecule has 106 valence electrons. The van der Waals surface area contributed by atoms with Crippen LogP contribution in [-0.4, -0.2) is 11.5 Å². The van der Waals surface area contributed by atoms with Crippen molar-refractivity contribution in [1.82, 2.24) is 0 Å². The molecule has 0 unspecified atom stereocenters. The molecule has 1 saturated heterocycles. The van der Waals surface area contributed by atoms with Gasteiger partial charge in [-0.25, -0.2) is 0 Å². The number of hydrogen-bond donors (Lipinski definition) is 0. The summed E-state index contributed by atoms with van der Waals surface area (Å²) in [6.07, 6.45) is 11.5. The van der Waals surface area contributed by atoms with E-state index < -0.39 is 0 Å². The van der Waals surface area contributed by atoms with Gasteiger partial charge in [-0.2, -0.15) is 0 Å². The maximum absolute atomic E-state index is 2.29. The van der Waals surface area contributed by atoms with Crippen molar-refractivity contribution in [3.63, 3.8) is 0 Å². The maximum Gasteiger partial charge on any atom is 0.0751 e. The highest BCUT2D eigenvalue weighted by Crippen LogP contribution is 2.40.